The van der Waals surface area contributed by atoms with Crippen LogP contribution in [0.25, 0.3) is 0 Å². The van der Waals surface area contributed by atoms with Gasteiger partial charge in [0.2, 0.25) is 11.8 Å². The largest absolute Gasteiger partial charge is 0.422 e. The van der Waals surface area contributed by atoms with E-state index in [2.05, 4.69) is 0 Å². The number of carbonyl (C=O) groups excluding carboxylic acids is 4. The summed E-state index contributed by atoms with van der Waals surface area (Å²) in [6.07, 6.45) is -3.62. The van der Waals surface area contributed by atoms with E-state index in [4.69, 9.17) is 25.8 Å². The van der Waals surface area contributed by atoms with Gasteiger partial charge in [-0.3, -0.25) is 19.2 Å². The summed E-state index contributed by atoms with van der Waals surface area (Å²) >= 11 is 6.07. The smallest absolute Gasteiger partial charge is 0.416 e. The Morgan fingerprint density at radius 2 is 1.67 bits per heavy atom. The fourth-order valence-corrected chi connectivity index (χ4v) is 4.86. The molecule has 1 aromatic rings. The molecule has 0 spiro atoms. The number of ether oxygens (including phenoxy) is 3. The zero-order chi connectivity index (χ0) is 24.5. The molecule has 0 aromatic heterocycles. The molecule has 4 atom stereocenters. The van der Waals surface area contributed by atoms with Crippen LogP contribution < -0.4 is 4.90 Å². The van der Waals surface area contributed by atoms with Gasteiger partial charge >= 0.3 is 18.1 Å². The number of alkyl halides is 3. The molecule has 3 aliphatic rings. The molecule has 2 bridgehead atoms. The molecule has 0 unspecified atom stereocenters. The van der Waals surface area contributed by atoms with Gasteiger partial charge in [-0.25, -0.2) is 4.90 Å². The van der Waals surface area contributed by atoms with Crippen molar-refractivity contribution in [1.29, 1.82) is 0 Å². The summed E-state index contributed by atoms with van der Waals surface area (Å²) in [6, 6.07) is 2.28. The maximum Gasteiger partial charge on any atom is 0.416 e. The molecule has 0 radical (unpaired) electrons. The van der Waals surface area contributed by atoms with Crippen molar-refractivity contribution in [2.45, 2.75) is 44.4 Å². The van der Waals surface area contributed by atoms with Crippen molar-refractivity contribution in [3.63, 3.8) is 0 Å². The molecule has 1 aromatic carbocycles. The number of nitrogens with zero attached hydrogens (tertiary/aromatic N) is 1. The van der Waals surface area contributed by atoms with E-state index >= 15 is 0 Å². The van der Waals surface area contributed by atoms with Gasteiger partial charge in [0.05, 0.1) is 33.7 Å². The second kappa shape index (κ2) is 7.29. The molecule has 8 nitrogen and oxygen atoms in total. The van der Waals surface area contributed by atoms with E-state index in [9.17, 15) is 32.3 Å². The number of hydrogen-bond donors (Lipinski definition) is 0. The summed E-state index contributed by atoms with van der Waals surface area (Å²) in [7, 11) is 0. The highest BCUT2D eigenvalue weighted by Crippen LogP contribution is 2.60. The third kappa shape index (κ3) is 3.41. The second-order valence-corrected chi connectivity index (χ2v) is 8.56. The number of amides is 2. The Kier molecular flexibility index (Phi) is 5.14. The predicted molar refractivity (Wildman–Crippen MR) is 105 cm³/mol. The summed E-state index contributed by atoms with van der Waals surface area (Å²) in [5.74, 6) is -6.00. The Balaban J connectivity index is 1.82. The molecule has 176 valence electrons. The molecule has 3 heterocycles. The third-order valence-corrected chi connectivity index (χ3v) is 6.23. The van der Waals surface area contributed by atoms with Crippen LogP contribution in [0.4, 0.5) is 18.9 Å². The number of carbonyl (C=O) groups is 4. The molecule has 0 saturated carbocycles. The average molecular weight is 488 g/mol. The van der Waals surface area contributed by atoms with Crippen molar-refractivity contribution in [1.82, 2.24) is 0 Å². The molecule has 0 aliphatic carbocycles. The summed E-state index contributed by atoms with van der Waals surface area (Å²) in [6.45, 7) is 3.60. The van der Waals surface area contributed by atoms with E-state index in [1.807, 2.05) is 0 Å². The maximum absolute atomic E-state index is 13.5. The first-order valence-corrected chi connectivity index (χ1v) is 10.1. The van der Waals surface area contributed by atoms with Crippen molar-refractivity contribution >= 4 is 41.0 Å². The zero-order valence-corrected chi connectivity index (χ0v) is 18.2. The highest BCUT2D eigenvalue weighted by Gasteiger charge is 2.76. The second-order valence-electron chi connectivity index (χ2n) is 8.15. The van der Waals surface area contributed by atoms with Crippen molar-refractivity contribution < 1.29 is 46.6 Å². The number of hydrogen-bond acceptors (Lipinski definition) is 7. The van der Waals surface area contributed by atoms with Gasteiger partial charge in [0.25, 0.3) is 6.29 Å². The lowest BCUT2D eigenvalue weighted by Gasteiger charge is -2.34. The number of fused-ring (bicyclic) bond motifs is 5. The van der Waals surface area contributed by atoms with Crippen LogP contribution in [0.2, 0.25) is 5.02 Å². The van der Waals surface area contributed by atoms with Crippen molar-refractivity contribution in [2.75, 3.05) is 4.90 Å². The fraction of sp³-hybridized carbons (Fsp3) is 0.429. The molecular weight excluding hydrogens is 471 g/mol. The van der Waals surface area contributed by atoms with Crippen LogP contribution in [0.1, 0.15) is 26.3 Å². The quantitative estimate of drug-likeness (QED) is 0.278. The normalized spacial score (nSPS) is 30.2. The fourth-order valence-electron chi connectivity index (χ4n) is 4.66. The van der Waals surface area contributed by atoms with Gasteiger partial charge in [-0.05, 0) is 31.2 Å². The van der Waals surface area contributed by atoms with Gasteiger partial charge in [0, 0.05) is 13.8 Å². The highest BCUT2D eigenvalue weighted by molar-refractivity contribution is 6.36. The van der Waals surface area contributed by atoms with Gasteiger partial charge in [0.15, 0.2) is 5.60 Å². The van der Waals surface area contributed by atoms with Crippen LogP contribution in [0.3, 0.4) is 0 Å². The van der Waals surface area contributed by atoms with Gasteiger partial charge in [-0.2, -0.15) is 13.2 Å². The number of benzene rings is 1. The van der Waals surface area contributed by atoms with E-state index in [0.29, 0.717) is 11.0 Å². The van der Waals surface area contributed by atoms with Crippen LogP contribution in [0, 0.1) is 11.8 Å². The van der Waals surface area contributed by atoms with Gasteiger partial charge in [-0.15, -0.1) is 0 Å². The topological polar surface area (TPSA) is 99.2 Å². The molecule has 2 fully saturated rings. The Morgan fingerprint density at radius 3 is 2.21 bits per heavy atom. The van der Waals surface area contributed by atoms with Crippen LogP contribution in [0.5, 0.6) is 0 Å². The van der Waals surface area contributed by atoms with Gasteiger partial charge < -0.3 is 14.2 Å². The van der Waals surface area contributed by atoms with E-state index in [1.165, 1.54) is 19.1 Å². The molecule has 2 saturated heterocycles. The first-order valence-electron chi connectivity index (χ1n) is 9.71. The number of halogens is 4. The minimum Gasteiger partial charge on any atom is -0.422 e. The standard InChI is InChI=1S/C21H17ClF3NO7/c1-9(27)31-18(32-10(2)28)20-7-6-19(3,33-20)14-15(20)17(30)26(16(14)29)13-8-11(21(23,24)25)4-5-12(13)22/h4-8,14-15,18H,1-3H3/t14-,15-,19-,20+/m1/s1. The minimum absolute atomic E-state index is 0.248. The summed E-state index contributed by atoms with van der Waals surface area (Å²) in [5.41, 5.74) is -4.77. The highest BCUT2D eigenvalue weighted by atomic mass is 35.5. The molecule has 4 rings (SSSR count). The average Bonchev–Trinajstić information content (AvgIpc) is 3.26. The number of anilines is 1. The van der Waals surface area contributed by atoms with Crippen molar-refractivity contribution in [3.8, 4) is 0 Å². The van der Waals surface area contributed by atoms with E-state index in [1.54, 1.807) is 0 Å². The van der Waals surface area contributed by atoms with E-state index in [0.717, 1.165) is 26.0 Å². The van der Waals surface area contributed by atoms with E-state index < -0.39 is 70.5 Å². The first-order chi connectivity index (χ1) is 15.2. The lowest BCUT2D eigenvalue weighted by Crippen LogP contribution is -2.52. The summed E-state index contributed by atoms with van der Waals surface area (Å²) in [4.78, 5) is 50.8. The molecule has 3 aliphatic heterocycles. The lowest BCUT2D eigenvalue weighted by atomic mass is 9.72. The molecule has 12 heteroatoms. The molecule has 0 N–H and O–H groups in total. The van der Waals surface area contributed by atoms with Crippen molar-refractivity contribution in [2.24, 2.45) is 11.8 Å². The first kappa shape index (κ1) is 23.2. The Morgan fingerprint density at radius 1 is 1.09 bits per heavy atom. The van der Waals surface area contributed by atoms with Crippen LogP contribution in [-0.2, 0) is 39.6 Å². The lowest BCUT2D eigenvalue weighted by molar-refractivity contribution is -0.231. The summed E-state index contributed by atoms with van der Waals surface area (Å²) in [5, 5.41) is -0.248. The van der Waals surface area contributed by atoms with Crippen molar-refractivity contribution in [3.05, 3.63) is 40.9 Å². The summed E-state index contributed by atoms with van der Waals surface area (Å²) < 4.78 is 56.0. The van der Waals surface area contributed by atoms with Crippen LogP contribution in [0.15, 0.2) is 30.4 Å². The molecule has 2 amide bonds. The number of rotatable bonds is 4. The maximum atomic E-state index is 13.5. The van der Waals surface area contributed by atoms with E-state index in [-0.39, 0.29) is 5.02 Å². The Bertz CT molecular complexity index is 1100. The number of imide groups is 1. The molecular formula is C21H17ClF3NO7. The third-order valence-electron chi connectivity index (χ3n) is 5.91. The molecule has 33 heavy (non-hydrogen) atoms. The minimum atomic E-state index is -4.74. The van der Waals surface area contributed by atoms with Crippen LogP contribution in [-0.4, -0.2) is 41.2 Å². The number of esters is 2. The Hall–Kier alpha value is -2.92. The van der Waals surface area contributed by atoms with Crippen LogP contribution >= 0.6 is 11.6 Å². The monoisotopic (exact) mass is 487 g/mol. The predicted octanol–water partition coefficient (Wildman–Crippen LogP) is 3.01. The SMILES string of the molecule is CC(=O)OC(OC(C)=O)[C@@]12C=C[C@@](C)(O1)[C@H]1C(=O)N(c3cc(C(F)(F)F)ccc3Cl)C(=O)[C@@H]12. The Labute approximate surface area is 190 Å². The van der Waals surface area contributed by atoms with Gasteiger partial charge in [-0.1, -0.05) is 17.7 Å². The zero-order valence-electron chi connectivity index (χ0n) is 17.4. The van der Waals surface area contributed by atoms with Gasteiger partial charge in [0.1, 0.15) is 0 Å².